The molecule has 1 heterocycles. The van der Waals surface area contributed by atoms with Crippen LogP contribution in [0.4, 0.5) is 0 Å². The number of fused-ring (bicyclic) bond motifs is 1. The summed E-state index contributed by atoms with van der Waals surface area (Å²) in [6.45, 7) is 1.25. The Labute approximate surface area is 73.1 Å². The molecule has 0 saturated heterocycles. The molecule has 0 fully saturated rings. The number of rotatable bonds is 1. The van der Waals surface area contributed by atoms with Crippen molar-refractivity contribution < 1.29 is 4.74 Å². The van der Waals surface area contributed by atoms with Gasteiger partial charge >= 0.3 is 0 Å². The van der Waals surface area contributed by atoms with Gasteiger partial charge in [0.15, 0.2) is 0 Å². The van der Waals surface area contributed by atoms with Crippen molar-refractivity contribution in [1.29, 1.82) is 0 Å². The lowest BCUT2D eigenvalue weighted by Crippen LogP contribution is -2.16. The van der Waals surface area contributed by atoms with E-state index in [4.69, 9.17) is 18.3 Å². The molecule has 60 valence electrons. The minimum Gasteiger partial charge on any atom is -0.493 e. The second kappa shape index (κ2) is 2.83. The largest absolute Gasteiger partial charge is 0.493 e. The monoisotopic (exact) mass is 159 g/mol. The van der Waals surface area contributed by atoms with E-state index in [0.717, 1.165) is 29.8 Å². The maximum absolute atomic E-state index is 5.77. The van der Waals surface area contributed by atoms with Gasteiger partial charge in [0.25, 0.3) is 0 Å². The van der Waals surface area contributed by atoms with Gasteiger partial charge in [0, 0.05) is 18.5 Å². The summed E-state index contributed by atoms with van der Waals surface area (Å²) in [5.41, 5.74) is 8.61. The first-order chi connectivity index (χ1) is 5.83. The predicted octanol–water partition coefficient (Wildman–Crippen LogP) is -0.126. The molecule has 1 aromatic carbocycles. The summed E-state index contributed by atoms with van der Waals surface area (Å²) >= 11 is 0. The zero-order valence-electron chi connectivity index (χ0n) is 6.84. The Bertz CT molecular complexity index is 312. The van der Waals surface area contributed by atoms with Gasteiger partial charge in [0.2, 0.25) is 0 Å². The van der Waals surface area contributed by atoms with Gasteiger partial charge in [-0.05, 0) is 11.6 Å². The van der Waals surface area contributed by atoms with Crippen molar-refractivity contribution in [1.82, 2.24) is 0 Å². The van der Waals surface area contributed by atoms with E-state index in [1.54, 1.807) is 0 Å². The molecule has 0 saturated carbocycles. The summed E-state index contributed by atoms with van der Waals surface area (Å²) in [5.74, 6) is 0.949. The van der Waals surface area contributed by atoms with Crippen molar-refractivity contribution in [3.05, 3.63) is 23.3 Å². The van der Waals surface area contributed by atoms with Crippen LogP contribution in [0.25, 0.3) is 0 Å². The fourth-order valence-electron chi connectivity index (χ4n) is 1.60. The Kier molecular flexibility index (Phi) is 1.81. The van der Waals surface area contributed by atoms with E-state index in [1.165, 1.54) is 5.56 Å². The van der Waals surface area contributed by atoms with Crippen LogP contribution < -0.4 is 15.9 Å². The molecule has 0 unspecified atom stereocenters. The van der Waals surface area contributed by atoms with E-state index in [9.17, 15) is 0 Å². The molecule has 0 atom stereocenters. The molecule has 0 amide bonds. The number of nitrogens with two attached hydrogens (primary N) is 1. The van der Waals surface area contributed by atoms with Gasteiger partial charge in [-0.3, -0.25) is 0 Å². The second-order valence-corrected chi connectivity index (χ2v) is 2.91. The van der Waals surface area contributed by atoms with Crippen LogP contribution in [0.15, 0.2) is 12.1 Å². The predicted molar refractivity (Wildman–Crippen MR) is 48.9 cm³/mol. The van der Waals surface area contributed by atoms with Crippen LogP contribution in [-0.4, -0.2) is 14.5 Å². The molecular weight excluding hydrogens is 149 g/mol. The van der Waals surface area contributed by atoms with Crippen LogP contribution in [0.2, 0.25) is 0 Å². The zero-order valence-corrected chi connectivity index (χ0v) is 6.84. The molecule has 0 spiro atoms. The minimum atomic E-state index is 0.498. The lowest BCUT2D eigenvalue weighted by molar-refractivity contribution is 0.357. The summed E-state index contributed by atoms with van der Waals surface area (Å²) in [7, 11) is 5.77. The molecule has 12 heavy (non-hydrogen) atoms. The van der Waals surface area contributed by atoms with E-state index < -0.39 is 0 Å². The highest BCUT2D eigenvalue weighted by Gasteiger charge is 2.15. The smallest absolute Gasteiger partial charge is 0.122 e. The third-order valence-corrected chi connectivity index (χ3v) is 2.24. The van der Waals surface area contributed by atoms with E-state index in [1.807, 2.05) is 12.1 Å². The maximum Gasteiger partial charge on any atom is 0.122 e. The summed E-state index contributed by atoms with van der Waals surface area (Å²) in [5, 5.41) is 0. The van der Waals surface area contributed by atoms with Crippen LogP contribution in [0.3, 0.4) is 0 Å². The summed E-state index contributed by atoms with van der Waals surface area (Å²) in [4.78, 5) is 0. The normalized spacial score (nSPS) is 14.1. The van der Waals surface area contributed by atoms with Gasteiger partial charge in [0.1, 0.15) is 13.6 Å². The Morgan fingerprint density at radius 1 is 1.50 bits per heavy atom. The molecule has 2 rings (SSSR count). The molecule has 0 aromatic heterocycles. The Morgan fingerprint density at radius 2 is 2.33 bits per heavy atom. The first-order valence-electron chi connectivity index (χ1n) is 4.06. The molecule has 2 radical (unpaired) electrons. The van der Waals surface area contributed by atoms with Gasteiger partial charge in [-0.1, -0.05) is 11.5 Å². The van der Waals surface area contributed by atoms with Crippen molar-refractivity contribution in [3.8, 4) is 5.75 Å². The quantitative estimate of drug-likeness (QED) is 0.579. The Hall–Kier alpha value is -0.955. The van der Waals surface area contributed by atoms with Crippen LogP contribution in [-0.2, 0) is 13.0 Å². The molecule has 1 aliphatic heterocycles. The first kappa shape index (κ1) is 7.68. The highest BCUT2D eigenvalue weighted by atomic mass is 16.5. The fraction of sp³-hybridized carbons (Fsp3) is 0.333. The molecule has 0 aliphatic carbocycles. The third-order valence-electron chi connectivity index (χ3n) is 2.24. The van der Waals surface area contributed by atoms with Crippen molar-refractivity contribution in [3.63, 3.8) is 0 Å². The third kappa shape index (κ3) is 1.01. The summed E-state index contributed by atoms with van der Waals surface area (Å²) in [6.07, 6.45) is 0.937. The van der Waals surface area contributed by atoms with E-state index >= 15 is 0 Å². The van der Waals surface area contributed by atoms with Crippen molar-refractivity contribution in [2.45, 2.75) is 13.0 Å². The van der Waals surface area contributed by atoms with Gasteiger partial charge < -0.3 is 10.5 Å². The molecule has 2 N–H and O–H groups in total. The highest BCUT2D eigenvalue weighted by molar-refractivity contribution is 6.33. The van der Waals surface area contributed by atoms with Crippen LogP contribution in [0.5, 0.6) is 5.75 Å². The lowest BCUT2D eigenvalue weighted by atomic mass is 9.87. The molecule has 0 bridgehead atoms. The highest BCUT2D eigenvalue weighted by Crippen LogP contribution is 2.26. The molecule has 3 heteroatoms. The number of hydrogen-bond acceptors (Lipinski definition) is 2. The number of hydrogen-bond donors (Lipinski definition) is 1. The molecule has 1 aromatic rings. The summed E-state index contributed by atoms with van der Waals surface area (Å²) in [6, 6.07) is 3.77. The maximum atomic E-state index is 5.77. The fourth-order valence-corrected chi connectivity index (χ4v) is 1.60. The van der Waals surface area contributed by atoms with E-state index in [-0.39, 0.29) is 0 Å². The zero-order chi connectivity index (χ0) is 8.55. The van der Waals surface area contributed by atoms with E-state index in [2.05, 4.69) is 0 Å². The average molecular weight is 159 g/mol. The number of benzene rings is 1. The van der Waals surface area contributed by atoms with Crippen LogP contribution in [0.1, 0.15) is 11.1 Å². The van der Waals surface area contributed by atoms with Crippen LogP contribution in [0, 0.1) is 0 Å². The topological polar surface area (TPSA) is 35.2 Å². The van der Waals surface area contributed by atoms with E-state index in [0.29, 0.717) is 6.54 Å². The van der Waals surface area contributed by atoms with Gasteiger partial charge in [-0.25, -0.2) is 0 Å². The van der Waals surface area contributed by atoms with Crippen molar-refractivity contribution in [2.24, 2.45) is 5.73 Å². The summed E-state index contributed by atoms with van der Waals surface area (Å²) < 4.78 is 5.38. The number of ether oxygens (including phenoxy) is 1. The van der Waals surface area contributed by atoms with Gasteiger partial charge in [-0.15, -0.1) is 0 Å². The van der Waals surface area contributed by atoms with Gasteiger partial charge in [-0.2, -0.15) is 0 Å². The standard InChI is InChI=1S/C9H10BNO/c10-8-1-2-9-6(3-4-12-9)7(8)5-11/h1-2H,3-5,11H2. The average Bonchev–Trinajstić information content (AvgIpc) is 2.52. The molecule has 2 nitrogen and oxygen atoms in total. The second-order valence-electron chi connectivity index (χ2n) is 2.91. The SMILES string of the molecule is [B]c1ccc2c(c1CN)CCO2. The lowest BCUT2D eigenvalue weighted by Gasteiger charge is -2.08. The van der Waals surface area contributed by atoms with Crippen molar-refractivity contribution in [2.75, 3.05) is 6.61 Å². The molecule has 1 aliphatic rings. The van der Waals surface area contributed by atoms with Gasteiger partial charge in [0.05, 0.1) is 6.61 Å². The first-order valence-corrected chi connectivity index (χ1v) is 4.06. The molecular formula is C9H10BNO. The Balaban J connectivity index is 2.57. The Morgan fingerprint density at radius 3 is 3.08 bits per heavy atom. The minimum absolute atomic E-state index is 0.498. The van der Waals surface area contributed by atoms with Crippen LogP contribution >= 0.6 is 0 Å². The van der Waals surface area contributed by atoms with Crippen molar-refractivity contribution >= 4 is 13.3 Å².